The lowest BCUT2D eigenvalue weighted by atomic mass is 10.1. The van der Waals surface area contributed by atoms with Crippen LogP contribution in [0.5, 0.6) is 11.6 Å². The van der Waals surface area contributed by atoms with Crippen molar-refractivity contribution in [1.29, 1.82) is 0 Å². The molecule has 0 saturated carbocycles. The molecule has 2 rings (SSSR count). The van der Waals surface area contributed by atoms with Crippen LogP contribution >= 0.6 is 0 Å². The monoisotopic (exact) mass is 275 g/mol. The molecule has 0 aliphatic rings. The number of Topliss-reactive ketones (excluding diaryl/α,β-unsaturated/α-hetero) is 1. The largest absolute Gasteiger partial charge is 0.488 e. The Bertz CT molecular complexity index is 628. The molecular formula is C15H14FNO3. The van der Waals surface area contributed by atoms with Gasteiger partial charge in [0.25, 0.3) is 0 Å². The van der Waals surface area contributed by atoms with E-state index in [4.69, 9.17) is 9.47 Å². The zero-order valence-electron chi connectivity index (χ0n) is 11.2. The molecule has 20 heavy (non-hydrogen) atoms. The number of halogens is 1. The molecule has 104 valence electrons. The molecule has 4 nitrogen and oxygen atoms in total. The Balaban J connectivity index is 2.21. The van der Waals surface area contributed by atoms with Gasteiger partial charge in [0.1, 0.15) is 18.2 Å². The fourth-order valence-electron chi connectivity index (χ4n) is 1.78. The Morgan fingerprint density at radius 1 is 1.35 bits per heavy atom. The molecule has 5 heteroatoms. The van der Waals surface area contributed by atoms with Crippen LogP contribution in [-0.2, 0) is 6.61 Å². The summed E-state index contributed by atoms with van der Waals surface area (Å²) in [5.74, 6) is 0.0722. The van der Waals surface area contributed by atoms with Crippen LogP contribution in [0.2, 0.25) is 0 Å². The second-order valence-electron chi connectivity index (χ2n) is 4.16. The molecule has 1 heterocycles. The minimum Gasteiger partial charge on any atom is -0.488 e. The van der Waals surface area contributed by atoms with E-state index in [0.717, 1.165) is 11.6 Å². The first-order chi connectivity index (χ1) is 9.61. The van der Waals surface area contributed by atoms with Gasteiger partial charge in [-0.25, -0.2) is 9.37 Å². The van der Waals surface area contributed by atoms with Gasteiger partial charge < -0.3 is 9.47 Å². The summed E-state index contributed by atoms with van der Waals surface area (Å²) in [7, 11) is 1.52. The zero-order valence-corrected chi connectivity index (χ0v) is 11.2. The van der Waals surface area contributed by atoms with Gasteiger partial charge in [-0.05, 0) is 37.3 Å². The highest BCUT2D eigenvalue weighted by Gasteiger charge is 2.11. The lowest BCUT2D eigenvalue weighted by Gasteiger charge is -2.11. The number of nitrogens with zero attached hydrogens (tertiary/aromatic N) is 1. The van der Waals surface area contributed by atoms with E-state index >= 15 is 0 Å². The standard InChI is InChI=1S/C15H14FNO3/c1-10(18)13-8-12(16)5-6-14(13)20-9-11-4-3-7-17-15(11)19-2/h3-8H,9H2,1-2H3. The zero-order chi connectivity index (χ0) is 14.5. The number of aromatic nitrogens is 1. The second-order valence-corrected chi connectivity index (χ2v) is 4.16. The third kappa shape index (κ3) is 3.12. The molecule has 0 saturated heterocycles. The van der Waals surface area contributed by atoms with Crippen LogP contribution in [-0.4, -0.2) is 17.9 Å². The van der Waals surface area contributed by atoms with E-state index in [1.165, 1.54) is 26.2 Å². The molecule has 0 fully saturated rings. The first-order valence-corrected chi connectivity index (χ1v) is 6.03. The predicted molar refractivity (Wildman–Crippen MR) is 71.5 cm³/mol. The minimum absolute atomic E-state index is 0.183. The number of carbonyl (C=O) groups excluding carboxylic acids is 1. The summed E-state index contributed by atoms with van der Waals surface area (Å²) in [5, 5.41) is 0. The van der Waals surface area contributed by atoms with Gasteiger partial charge in [-0.2, -0.15) is 0 Å². The molecule has 1 aromatic carbocycles. The third-order valence-electron chi connectivity index (χ3n) is 2.75. The van der Waals surface area contributed by atoms with Crippen molar-refractivity contribution < 1.29 is 18.7 Å². The van der Waals surface area contributed by atoms with E-state index in [0.29, 0.717) is 11.6 Å². The van der Waals surface area contributed by atoms with Crippen molar-refractivity contribution in [3.63, 3.8) is 0 Å². The molecule has 0 bridgehead atoms. The van der Waals surface area contributed by atoms with Crippen molar-refractivity contribution in [3.05, 3.63) is 53.5 Å². The average Bonchev–Trinajstić information content (AvgIpc) is 2.46. The number of hydrogen-bond donors (Lipinski definition) is 0. The summed E-state index contributed by atoms with van der Waals surface area (Å²) < 4.78 is 23.8. The Hall–Kier alpha value is -2.43. The van der Waals surface area contributed by atoms with Crippen LogP contribution in [0.1, 0.15) is 22.8 Å². The van der Waals surface area contributed by atoms with E-state index in [2.05, 4.69) is 4.98 Å². The van der Waals surface area contributed by atoms with Gasteiger partial charge in [0.15, 0.2) is 5.78 Å². The molecule has 0 aliphatic heterocycles. The topological polar surface area (TPSA) is 48.4 Å². The molecule has 0 N–H and O–H groups in total. The van der Waals surface area contributed by atoms with Crippen molar-refractivity contribution in [2.75, 3.05) is 7.11 Å². The Morgan fingerprint density at radius 2 is 2.15 bits per heavy atom. The van der Waals surface area contributed by atoms with Crippen LogP contribution in [0.4, 0.5) is 4.39 Å². The highest BCUT2D eigenvalue weighted by atomic mass is 19.1. The van der Waals surface area contributed by atoms with Crippen LogP contribution in [0.25, 0.3) is 0 Å². The van der Waals surface area contributed by atoms with Crippen molar-refractivity contribution >= 4 is 5.78 Å². The number of ketones is 1. The van der Waals surface area contributed by atoms with E-state index in [-0.39, 0.29) is 18.0 Å². The SMILES string of the molecule is COc1ncccc1COc1ccc(F)cc1C(C)=O. The average molecular weight is 275 g/mol. The number of hydrogen-bond acceptors (Lipinski definition) is 4. The summed E-state index contributed by atoms with van der Waals surface area (Å²) >= 11 is 0. The van der Waals surface area contributed by atoms with Gasteiger partial charge in [0.05, 0.1) is 18.2 Å². The number of ether oxygens (including phenoxy) is 2. The number of rotatable bonds is 5. The molecule has 1 aromatic heterocycles. The molecule has 2 aromatic rings. The quantitative estimate of drug-likeness (QED) is 0.787. The maximum Gasteiger partial charge on any atom is 0.219 e. The Kier molecular flexibility index (Phi) is 4.30. The number of pyridine rings is 1. The lowest BCUT2D eigenvalue weighted by Crippen LogP contribution is -2.04. The fraction of sp³-hybridized carbons (Fsp3) is 0.200. The predicted octanol–water partition coefficient (Wildman–Crippen LogP) is 3.01. The third-order valence-corrected chi connectivity index (χ3v) is 2.75. The number of carbonyl (C=O) groups is 1. The fourth-order valence-corrected chi connectivity index (χ4v) is 1.78. The second kappa shape index (κ2) is 6.14. The van der Waals surface area contributed by atoms with Crippen molar-refractivity contribution in [1.82, 2.24) is 4.98 Å². The highest BCUT2D eigenvalue weighted by Crippen LogP contribution is 2.23. The van der Waals surface area contributed by atoms with Gasteiger partial charge in [0, 0.05) is 6.20 Å². The summed E-state index contributed by atoms with van der Waals surface area (Å²) in [6.07, 6.45) is 1.61. The van der Waals surface area contributed by atoms with Crippen molar-refractivity contribution in [3.8, 4) is 11.6 Å². The van der Waals surface area contributed by atoms with Gasteiger partial charge in [0.2, 0.25) is 5.88 Å². The normalized spacial score (nSPS) is 10.2. The summed E-state index contributed by atoms with van der Waals surface area (Å²) in [4.78, 5) is 15.5. The Morgan fingerprint density at radius 3 is 2.85 bits per heavy atom. The molecule has 0 amide bonds. The number of benzene rings is 1. The van der Waals surface area contributed by atoms with Gasteiger partial charge in [-0.1, -0.05) is 0 Å². The lowest BCUT2D eigenvalue weighted by molar-refractivity contribution is 0.101. The van der Waals surface area contributed by atoms with E-state index in [1.54, 1.807) is 12.3 Å². The smallest absolute Gasteiger partial charge is 0.219 e. The molecule has 0 spiro atoms. The first kappa shape index (κ1) is 14.0. The van der Waals surface area contributed by atoms with Crippen molar-refractivity contribution in [2.45, 2.75) is 13.5 Å². The van der Waals surface area contributed by atoms with Crippen LogP contribution in [0, 0.1) is 5.82 Å². The summed E-state index contributed by atoms with van der Waals surface area (Å²) in [5.41, 5.74) is 0.960. The molecule has 0 unspecified atom stereocenters. The van der Waals surface area contributed by atoms with Crippen LogP contribution in [0.3, 0.4) is 0 Å². The minimum atomic E-state index is -0.471. The maximum atomic E-state index is 13.2. The number of methoxy groups -OCH3 is 1. The van der Waals surface area contributed by atoms with Crippen molar-refractivity contribution in [2.24, 2.45) is 0 Å². The van der Waals surface area contributed by atoms with Gasteiger partial charge >= 0.3 is 0 Å². The van der Waals surface area contributed by atoms with E-state index in [9.17, 15) is 9.18 Å². The van der Waals surface area contributed by atoms with Gasteiger partial charge in [-0.15, -0.1) is 0 Å². The Labute approximate surface area is 116 Å². The molecule has 0 aliphatic carbocycles. The first-order valence-electron chi connectivity index (χ1n) is 6.03. The van der Waals surface area contributed by atoms with E-state index < -0.39 is 5.82 Å². The summed E-state index contributed by atoms with van der Waals surface area (Å²) in [6.45, 7) is 1.55. The van der Waals surface area contributed by atoms with Crippen LogP contribution < -0.4 is 9.47 Å². The highest BCUT2D eigenvalue weighted by molar-refractivity contribution is 5.96. The van der Waals surface area contributed by atoms with Gasteiger partial charge in [-0.3, -0.25) is 4.79 Å². The molecule has 0 atom stereocenters. The van der Waals surface area contributed by atoms with E-state index in [1.807, 2.05) is 6.07 Å². The molecular weight excluding hydrogens is 261 g/mol. The maximum absolute atomic E-state index is 13.2. The van der Waals surface area contributed by atoms with Crippen LogP contribution in [0.15, 0.2) is 36.5 Å². The summed E-state index contributed by atoms with van der Waals surface area (Å²) in [6, 6.07) is 7.43. The molecule has 0 radical (unpaired) electrons.